The van der Waals surface area contributed by atoms with Crippen molar-refractivity contribution in [2.24, 2.45) is 0 Å². The minimum absolute atomic E-state index is 0. The first-order valence-corrected chi connectivity index (χ1v) is 2.23. The SMILES string of the molecule is [O-2].[O-2].[O-2].[O-2].[O-2].[O]=[Ir]=[O].[Ta+5].[Ta+5]. The van der Waals surface area contributed by atoms with Crippen molar-refractivity contribution in [3.8, 4) is 0 Å². The molecular formula is IrO7Ta2. The predicted molar refractivity (Wildman–Crippen MR) is 4.81 cm³/mol. The first-order chi connectivity index (χ1) is 1.41. The van der Waals surface area contributed by atoms with Crippen LogP contribution in [0.5, 0.6) is 0 Å². The van der Waals surface area contributed by atoms with Gasteiger partial charge in [0.15, 0.2) is 0 Å². The molecule has 0 atom stereocenters. The maximum atomic E-state index is 8.50. The summed E-state index contributed by atoms with van der Waals surface area (Å²) in [6.45, 7) is 0. The zero-order valence-corrected chi connectivity index (χ0v) is 12.9. The molecule has 0 unspecified atom stereocenters. The van der Waals surface area contributed by atoms with Gasteiger partial charge in [0.1, 0.15) is 0 Å². The molecule has 0 saturated carbocycles. The summed E-state index contributed by atoms with van der Waals surface area (Å²) in [7, 11) is 0. The molecule has 0 aliphatic carbocycles. The second kappa shape index (κ2) is 149. The van der Waals surface area contributed by atoms with Crippen LogP contribution >= 0.6 is 0 Å². The molecule has 0 aromatic carbocycles. The van der Waals surface area contributed by atoms with E-state index < -0.39 is 17.6 Å². The van der Waals surface area contributed by atoms with E-state index in [2.05, 4.69) is 0 Å². The van der Waals surface area contributed by atoms with Crippen LogP contribution in [0, 0.1) is 0 Å². The Morgan fingerprint density at radius 1 is 0.600 bits per heavy atom. The fraction of sp³-hybridized carbons (Fsp3) is 0. The van der Waals surface area contributed by atoms with Gasteiger partial charge in [-0.2, -0.15) is 0 Å². The maximum Gasteiger partial charge on any atom is 5.00 e. The van der Waals surface area contributed by atoms with Gasteiger partial charge in [0.2, 0.25) is 0 Å². The zero-order valence-electron chi connectivity index (χ0n) is 4.09. The van der Waals surface area contributed by atoms with E-state index in [-0.39, 0.29) is 72.1 Å². The van der Waals surface area contributed by atoms with Crippen molar-refractivity contribution in [1.29, 1.82) is 0 Å². The molecule has 7 nitrogen and oxygen atoms in total. The van der Waals surface area contributed by atoms with Crippen molar-refractivity contribution in [1.82, 2.24) is 0 Å². The second-order valence-corrected chi connectivity index (χ2v) is 0.455. The fourth-order valence-electron chi connectivity index (χ4n) is 0. The molecule has 0 rings (SSSR count). The molecule has 0 radical (unpaired) electrons. The van der Waals surface area contributed by atoms with Crippen molar-refractivity contribution in [3.05, 3.63) is 0 Å². The van der Waals surface area contributed by atoms with Gasteiger partial charge in [-0.15, -0.1) is 0 Å². The van der Waals surface area contributed by atoms with Gasteiger partial charge < -0.3 is 27.4 Å². The molecule has 0 spiro atoms. The normalized spacial score (nSPS) is 1.60. The van der Waals surface area contributed by atoms with E-state index in [9.17, 15) is 0 Å². The van der Waals surface area contributed by atoms with Crippen molar-refractivity contribution in [3.63, 3.8) is 0 Å². The Bertz CT molecular complexity index is 32.6. The molecule has 0 aliphatic heterocycles. The van der Waals surface area contributed by atoms with Crippen LogP contribution in [0.1, 0.15) is 0 Å². The molecular weight excluding hydrogens is 666 g/mol. The Hall–Kier alpha value is 1.53. The van der Waals surface area contributed by atoms with Crippen molar-refractivity contribution < 1.29 is 96.8 Å². The topological polar surface area (TPSA) is 177 Å². The first kappa shape index (κ1) is 103. The molecule has 0 aromatic heterocycles. The van der Waals surface area contributed by atoms with Crippen LogP contribution in [0.4, 0.5) is 0 Å². The van der Waals surface area contributed by atoms with Crippen LogP contribution < -0.4 is 0 Å². The summed E-state index contributed by atoms with van der Waals surface area (Å²) in [4.78, 5) is 0. The summed E-state index contributed by atoms with van der Waals surface area (Å²) in [5.41, 5.74) is 0. The van der Waals surface area contributed by atoms with E-state index in [1.807, 2.05) is 0 Å². The van der Waals surface area contributed by atoms with Gasteiger partial charge in [-0.1, -0.05) is 0 Å². The van der Waals surface area contributed by atoms with Gasteiger partial charge in [-0.25, -0.2) is 0 Å². The van der Waals surface area contributed by atoms with E-state index >= 15 is 0 Å². The summed E-state index contributed by atoms with van der Waals surface area (Å²) in [6, 6.07) is 0. The molecule has 0 bridgehead atoms. The van der Waals surface area contributed by atoms with E-state index in [1.165, 1.54) is 0 Å². The molecule has 0 amide bonds. The Kier molecular flexibility index (Phi) is 1530. The Morgan fingerprint density at radius 3 is 0.600 bits per heavy atom. The van der Waals surface area contributed by atoms with E-state index in [0.29, 0.717) is 0 Å². The predicted octanol–water partition coefficient (Wildman–Crippen LogP) is -0.839. The zero-order chi connectivity index (χ0) is 2.71. The standard InChI is InChI=1S/Ir.7O.2Ta/q;;;5*-2;2*+5. The van der Waals surface area contributed by atoms with E-state index in [4.69, 9.17) is 7.01 Å². The van der Waals surface area contributed by atoms with Gasteiger partial charge in [0, 0.05) is 0 Å². The first-order valence-electron chi connectivity index (χ1n) is 0.272. The maximum absolute atomic E-state index is 8.50. The van der Waals surface area contributed by atoms with Crippen LogP contribution in [0.2, 0.25) is 0 Å². The summed E-state index contributed by atoms with van der Waals surface area (Å²) in [6.07, 6.45) is 0. The van der Waals surface area contributed by atoms with Crippen molar-refractivity contribution >= 4 is 0 Å². The molecule has 0 aromatic rings. The third-order valence-corrected chi connectivity index (χ3v) is 0. The Morgan fingerprint density at radius 2 is 0.600 bits per heavy atom. The molecule has 10 heteroatoms. The summed E-state index contributed by atoms with van der Waals surface area (Å²) in [5, 5.41) is 0. The molecule has 0 heterocycles. The van der Waals surface area contributed by atoms with Gasteiger partial charge in [0.05, 0.1) is 0 Å². The van der Waals surface area contributed by atoms with Crippen LogP contribution in [-0.2, 0) is 96.8 Å². The third kappa shape index (κ3) is 296. The van der Waals surface area contributed by atoms with E-state index in [1.54, 1.807) is 0 Å². The summed E-state index contributed by atoms with van der Waals surface area (Å²) >= 11 is -2.00. The average molecular weight is 666 g/mol. The molecule has 0 N–H and O–H groups in total. The summed E-state index contributed by atoms with van der Waals surface area (Å²) in [5.74, 6) is 0. The Balaban J connectivity index is -0.000000000952. The van der Waals surface area contributed by atoms with Gasteiger partial charge in [0.25, 0.3) is 0 Å². The van der Waals surface area contributed by atoms with Gasteiger partial charge >= 0.3 is 69.4 Å². The third-order valence-electron chi connectivity index (χ3n) is 0. The summed E-state index contributed by atoms with van der Waals surface area (Å²) < 4.78 is 17.0. The molecule has 61 valence electrons. The smallest absolute Gasteiger partial charge is 5.00 e. The number of hydrogen-bond acceptors (Lipinski definition) is 2. The second-order valence-electron chi connectivity index (χ2n) is 0.0556. The van der Waals surface area contributed by atoms with Crippen molar-refractivity contribution in [2.45, 2.75) is 0 Å². The number of rotatable bonds is 0. The molecule has 0 aliphatic rings. The average Bonchev–Trinajstić information content (AvgIpc) is 0.918. The minimum atomic E-state index is -2.00. The van der Waals surface area contributed by atoms with Crippen LogP contribution in [0.15, 0.2) is 0 Å². The largest absolute Gasteiger partial charge is 5.00 e. The quantitative estimate of drug-likeness (QED) is 0.328. The minimum Gasteiger partial charge on any atom is 5.00 e. The molecule has 0 fully saturated rings. The van der Waals surface area contributed by atoms with Gasteiger partial charge in [-0.05, 0) is 0 Å². The van der Waals surface area contributed by atoms with Crippen LogP contribution in [0.3, 0.4) is 0 Å². The monoisotopic (exact) mass is 667 g/mol. The van der Waals surface area contributed by atoms with Crippen molar-refractivity contribution in [2.75, 3.05) is 0 Å². The van der Waals surface area contributed by atoms with E-state index in [0.717, 1.165) is 0 Å². The number of hydrogen-bond donors (Lipinski definition) is 0. The Labute approximate surface area is 96.0 Å². The molecule has 0 saturated heterocycles. The van der Waals surface area contributed by atoms with Gasteiger partial charge in [-0.3, -0.25) is 0 Å². The fourth-order valence-corrected chi connectivity index (χ4v) is 0. The molecule has 10 heavy (non-hydrogen) atoms. The van der Waals surface area contributed by atoms with Crippen LogP contribution in [0.25, 0.3) is 0 Å². The van der Waals surface area contributed by atoms with Crippen LogP contribution in [-0.4, -0.2) is 0 Å².